The molecule has 0 aliphatic carbocycles. The zero-order valence-electron chi connectivity index (χ0n) is 10.5. The fourth-order valence-electron chi connectivity index (χ4n) is 1.04. The van der Waals surface area contributed by atoms with Crippen molar-refractivity contribution in [1.29, 1.82) is 0 Å². The lowest BCUT2D eigenvalue weighted by Gasteiger charge is -2.10. The maximum Gasteiger partial charge on any atom is 0.220 e. The average molecular weight is 232 g/mol. The average Bonchev–Trinajstić information content (AvgIpc) is 2.19. The SMILES string of the molecule is CC(O)CCC(=O)NCCOCCN(C)C. The van der Waals surface area contributed by atoms with Gasteiger partial charge in [-0.05, 0) is 27.4 Å². The predicted molar refractivity (Wildman–Crippen MR) is 63.3 cm³/mol. The van der Waals surface area contributed by atoms with Gasteiger partial charge in [0.25, 0.3) is 0 Å². The highest BCUT2D eigenvalue weighted by Crippen LogP contribution is 1.94. The van der Waals surface area contributed by atoms with Crippen molar-refractivity contribution >= 4 is 5.91 Å². The molecular weight excluding hydrogens is 208 g/mol. The minimum atomic E-state index is -0.415. The molecule has 0 fully saturated rings. The summed E-state index contributed by atoms with van der Waals surface area (Å²) in [6.45, 7) is 4.31. The third kappa shape index (κ3) is 11.4. The van der Waals surface area contributed by atoms with Gasteiger partial charge in [0.05, 0.1) is 19.3 Å². The maximum atomic E-state index is 11.2. The number of carbonyl (C=O) groups is 1. The Hall–Kier alpha value is -0.650. The topological polar surface area (TPSA) is 61.8 Å². The van der Waals surface area contributed by atoms with Gasteiger partial charge in [0.1, 0.15) is 0 Å². The standard InChI is InChI=1S/C11H24N2O3/c1-10(14)4-5-11(15)12-6-8-16-9-7-13(2)3/h10,14H,4-9H2,1-3H3,(H,12,15). The van der Waals surface area contributed by atoms with Gasteiger partial charge in [-0.1, -0.05) is 0 Å². The van der Waals surface area contributed by atoms with Crippen molar-refractivity contribution in [3.63, 3.8) is 0 Å². The molecule has 16 heavy (non-hydrogen) atoms. The van der Waals surface area contributed by atoms with Crippen molar-refractivity contribution in [1.82, 2.24) is 10.2 Å². The summed E-state index contributed by atoms with van der Waals surface area (Å²) in [5.41, 5.74) is 0. The molecule has 0 heterocycles. The summed E-state index contributed by atoms with van der Waals surface area (Å²) in [7, 11) is 3.97. The summed E-state index contributed by atoms with van der Waals surface area (Å²) >= 11 is 0. The Morgan fingerprint density at radius 2 is 2.12 bits per heavy atom. The molecule has 5 heteroatoms. The number of ether oxygens (including phenoxy) is 1. The van der Waals surface area contributed by atoms with Crippen molar-refractivity contribution < 1.29 is 14.6 Å². The number of hydrogen-bond donors (Lipinski definition) is 2. The first-order valence-electron chi connectivity index (χ1n) is 5.69. The first kappa shape index (κ1) is 15.3. The van der Waals surface area contributed by atoms with Crippen molar-refractivity contribution in [2.75, 3.05) is 40.4 Å². The minimum Gasteiger partial charge on any atom is -0.393 e. The molecule has 0 aliphatic heterocycles. The van der Waals surface area contributed by atoms with Gasteiger partial charge in [0.15, 0.2) is 0 Å². The summed E-state index contributed by atoms with van der Waals surface area (Å²) in [4.78, 5) is 13.2. The lowest BCUT2D eigenvalue weighted by atomic mass is 10.2. The van der Waals surface area contributed by atoms with Crippen LogP contribution in [0.25, 0.3) is 0 Å². The van der Waals surface area contributed by atoms with Crippen LogP contribution in [0.4, 0.5) is 0 Å². The molecule has 0 aliphatic rings. The number of amides is 1. The molecule has 1 amide bonds. The van der Waals surface area contributed by atoms with Gasteiger partial charge in [0.2, 0.25) is 5.91 Å². The Kier molecular flexibility index (Phi) is 9.18. The zero-order valence-corrected chi connectivity index (χ0v) is 10.5. The second-order valence-corrected chi connectivity index (χ2v) is 4.15. The molecule has 96 valence electrons. The smallest absolute Gasteiger partial charge is 0.220 e. The number of rotatable bonds is 9. The second-order valence-electron chi connectivity index (χ2n) is 4.15. The molecular formula is C11H24N2O3. The van der Waals surface area contributed by atoms with Gasteiger partial charge < -0.3 is 20.1 Å². The Morgan fingerprint density at radius 3 is 2.69 bits per heavy atom. The fraction of sp³-hybridized carbons (Fsp3) is 0.909. The number of nitrogens with zero attached hydrogens (tertiary/aromatic N) is 1. The largest absolute Gasteiger partial charge is 0.393 e. The molecule has 0 saturated heterocycles. The Labute approximate surface area is 97.8 Å². The van der Waals surface area contributed by atoms with E-state index in [1.807, 2.05) is 19.0 Å². The van der Waals surface area contributed by atoms with Crippen LogP contribution in [-0.2, 0) is 9.53 Å². The highest BCUT2D eigenvalue weighted by atomic mass is 16.5. The quantitative estimate of drug-likeness (QED) is 0.542. The van der Waals surface area contributed by atoms with Gasteiger partial charge >= 0.3 is 0 Å². The molecule has 5 nitrogen and oxygen atoms in total. The van der Waals surface area contributed by atoms with Crippen LogP contribution in [-0.4, -0.2) is 62.4 Å². The van der Waals surface area contributed by atoms with Gasteiger partial charge in [0, 0.05) is 19.5 Å². The van der Waals surface area contributed by atoms with Crippen molar-refractivity contribution in [2.45, 2.75) is 25.9 Å². The maximum absolute atomic E-state index is 11.2. The number of carbonyl (C=O) groups excluding carboxylic acids is 1. The predicted octanol–water partition coefficient (Wildman–Crippen LogP) is -0.158. The van der Waals surface area contributed by atoms with E-state index in [1.165, 1.54) is 0 Å². The monoisotopic (exact) mass is 232 g/mol. The van der Waals surface area contributed by atoms with E-state index in [-0.39, 0.29) is 5.91 Å². The molecule has 0 bridgehead atoms. The van der Waals surface area contributed by atoms with E-state index in [4.69, 9.17) is 9.84 Å². The van der Waals surface area contributed by atoms with Crippen molar-refractivity contribution in [3.05, 3.63) is 0 Å². The van der Waals surface area contributed by atoms with Crippen LogP contribution in [0, 0.1) is 0 Å². The van der Waals surface area contributed by atoms with E-state index in [1.54, 1.807) is 6.92 Å². The minimum absolute atomic E-state index is 0.0305. The first-order valence-corrected chi connectivity index (χ1v) is 5.69. The second kappa shape index (κ2) is 9.57. The third-order valence-corrected chi connectivity index (χ3v) is 2.04. The van der Waals surface area contributed by atoms with Gasteiger partial charge in [-0.3, -0.25) is 4.79 Å². The van der Waals surface area contributed by atoms with Crippen LogP contribution in [0.1, 0.15) is 19.8 Å². The zero-order chi connectivity index (χ0) is 12.4. The summed E-state index contributed by atoms with van der Waals surface area (Å²) in [6.07, 6.45) is 0.463. The van der Waals surface area contributed by atoms with Gasteiger partial charge in [-0.2, -0.15) is 0 Å². The number of aliphatic hydroxyl groups is 1. The lowest BCUT2D eigenvalue weighted by Crippen LogP contribution is -2.28. The molecule has 0 rings (SSSR count). The summed E-state index contributed by atoms with van der Waals surface area (Å²) in [5.74, 6) is -0.0305. The van der Waals surface area contributed by atoms with Crippen LogP contribution in [0.2, 0.25) is 0 Å². The van der Waals surface area contributed by atoms with E-state index in [0.717, 1.165) is 6.54 Å². The van der Waals surface area contributed by atoms with Crippen LogP contribution < -0.4 is 5.32 Å². The van der Waals surface area contributed by atoms with E-state index < -0.39 is 6.10 Å². The number of hydrogen-bond acceptors (Lipinski definition) is 4. The number of nitrogens with one attached hydrogen (secondary N) is 1. The Balaban J connectivity index is 3.21. The summed E-state index contributed by atoms with van der Waals surface area (Å²) in [5, 5.41) is 11.7. The van der Waals surface area contributed by atoms with E-state index in [0.29, 0.717) is 32.6 Å². The molecule has 1 unspecified atom stereocenters. The normalized spacial score (nSPS) is 12.8. The molecule has 0 radical (unpaired) electrons. The van der Waals surface area contributed by atoms with Gasteiger partial charge in [-0.15, -0.1) is 0 Å². The molecule has 0 spiro atoms. The number of likely N-dealkylation sites (N-methyl/N-ethyl adjacent to an activating group) is 1. The highest BCUT2D eigenvalue weighted by molar-refractivity contribution is 5.75. The van der Waals surface area contributed by atoms with Crippen LogP contribution in [0.5, 0.6) is 0 Å². The number of aliphatic hydroxyl groups excluding tert-OH is 1. The highest BCUT2D eigenvalue weighted by Gasteiger charge is 2.03. The first-order chi connectivity index (χ1) is 7.52. The van der Waals surface area contributed by atoms with E-state index in [9.17, 15) is 4.79 Å². The molecule has 2 N–H and O–H groups in total. The summed E-state index contributed by atoms with van der Waals surface area (Å²) in [6, 6.07) is 0. The van der Waals surface area contributed by atoms with Crippen molar-refractivity contribution in [3.8, 4) is 0 Å². The van der Waals surface area contributed by atoms with Crippen LogP contribution in [0.3, 0.4) is 0 Å². The van der Waals surface area contributed by atoms with E-state index >= 15 is 0 Å². The molecule has 0 aromatic rings. The van der Waals surface area contributed by atoms with E-state index in [2.05, 4.69) is 5.32 Å². The van der Waals surface area contributed by atoms with Gasteiger partial charge in [-0.25, -0.2) is 0 Å². The Bertz CT molecular complexity index is 184. The van der Waals surface area contributed by atoms with Crippen LogP contribution >= 0.6 is 0 Å². The summed E-state index contributed by atoms with van der Waals surface area (Å²) < 4.78 is 5.31. The fourth-order valence-corrected chi connectivity index (χ4v) is 1.04. The lowest BCUT2D eigenvalue weighted by molar-refractivity contribution is -0.121. The Morgan fingerprint density at radius 1 is 1.44 bits per heavy atom. The molecule has 0 saturated carbocycles. The molecule has 0 aromatic carbocycles. The van der Waals surface area contributed by atoms with Crippen LogP contribution in [0.15, 0.2) is 0 Å². The molecule has 0 aromatic heterocycles. The molecule has 1 atom stereocenters. The van der Waals surface area contributed by atoms with Crippen molar-refractivity contribution in [2.24, 2.45) is 0 Å². The third-order valence-electron chi connectivity index (χ3n) is 2.04.